The average Bonchev–Trinajstić information content (AvgIpc) is 2.68. The van der Waals surface area contributed by atoms with Gasteiger partial charge in [-0.1, -0.05) is 41.9 Å². The normalized spacial score (nSPS) is 14.8. The molecular formula is C19H20ClN3O4. The summed E-state index contributed by atoms with van der Waals surface area (Å²) < 4.78 is 5.45. The molecule has 2 aromatic carbocycles. The van der Waals surface area contributed by atoms with Crippen molar-refractivity contribution >= 4 is 23.2 Å². The Kier molecular flexibility index (Phi) is 6.26. The van der Waals surface area contributed by atoms with E-state index < -0.39 is 4.92 Å². The van der Waals surface area contributed by atoms with Crippen LogP contribution in [0.25, 0.3) is 0 Å². The molecule has 3 rings (SSSR count). The van der Waals surface area contributed by atoms with Gasteiger partial charge in [0, 0.05) is 44.9 Å². The molecule has 0 atom stereocenters. The third kappa shape index (κ3) is 5.18. The number of ether oxygens (including phenoxy) is 1. The third-order valence-corrected chi connectivity index (χ3v) is 4.75. The van der Waals surface area contributed by atoms with Crippen LogP contribution in [0.5, 0.6) is 5.75 Å². The van der Waals surface area contributed by atoms with Crippen LogP contribution in [-0.2, 0) is 11.3 Å². The molecule has 7 nitrogen and oxygen atoms in total. The lowest BCUT2D eigenvalue weighted by molar-refractivity contribution is -0.384. The number of nitro groups is 1. The number of benzene rings is 2. The Morgan fingerprint density at radius 2 is 1.81 bits per heavy atom. The molecule has 8 heteroatoms. The molecular weight excluding hydrogens is 370 g/mol. The number of rotatable bonds is 6. The van der Waals surface area contributed by atoms with Gasteiger partial charge in [0.15, 0.2) is 6.61 Å². The highest BCUT2D eigenvalue weighted by Gasteiger charge is 2.22. The lowest BCUT2D eigenvalue weighted by atomic mass is 10.2. The van der Waals surface area contributed by atoms with Crippen LogP contribution in [0.15, 0.2) is 48.5 Å². The van der Waals surface area contributed by atoms with E-state index in [1.54, 1.807) is 4.90 Å². The van der Waals surface area contributed by atoms with Crippen LogP contribution >= 0.6 is 11.6 Å². The number of non-ortho nitro benzene ring substituents is 1. The van der Waals surface area contributed by atoms with Gasteiger partial charge in [0.1, 0.15) is 5.75 Å². The summed E-state index contributed by atoms with van der Waals surface area (Å²) in [4.78, 5) is 26.6. The van der Waals surface area contributed by atoms with Crippen molar-refractivity contribution < 1.29 is 14.5 Å². The summed E-state index contributed by atoms with van der Waals surface area (Å²) in [6, 6.07) is 14.2. The highest BCUT2D eigenvalue weighted by molar-refractivity contribution is 6.32. The molecule has 0 aliphatic carbocycles. The molecule has 0 spiro atoms. The average molecular weight is 390 g/mol. The summed E-state index contributed by atoms with van der Waals surface area (Å²) in [6.45, 7) is 3.62. The molecule has 1 fully saturated rings. The number of amides is 1. The van der Waals surface area contributed by atoms with E-state index in [1.807, 2.05) is 18.2 Å². The first-order valence-corrected chi connectivity index (χ1v) is 9.01. The predicted octanol–water partition coefficient (Wildman–Crippen LogP) is 2.97. The van der Waals surface area contributed by atoms with E-state index in [4.69, 9.17) is 16.3 Å². The predicted molar refractivity (Wildman–Crippen MR) is 102 cm³/mol. The highest BCUT2D eigenvalue weighted by Crippen LogP contribution is 2.28. The van der Waals surface area contributed by atoms with Crippen LogP contribution in [0.4, 0.5) is 5.69 Å². The number of halogens is 1. The van der Waals surface area contributed by atoms with Gasteiger partial charge in [0.25, 0.3) is 11.6 Å². The van der Waals surface area contributed by atoms with Crippen molar-refractivity contribution in [3.05, 3.63) is 69.2 Å². The highest BCUT2D eigenvalue weighted by atomic mass is 35.5. The Labute approximate surface area is 162 Å². The van der Waals surface area contributed by atoms with Crippen molar-refractivity contribution in [1.29, 1.82) is 0 Å². The first-order chi connectivity index (χ1) is 13.0. The molecule has 0 N–H and O–H groups in total. The number of hydrogen-bond acceptors (Lipinski definition) is 5. The number of hydrogen-bond donors (Lipinski definition) is 0. The van der Waals surface area contributed by atoms with E-state index >= 15 is 0 Å². The Morgan fingerprint density at radius 3 is 2.44 bits per heavy atom. The van der Waals surface area contributed by atoms with Gasteiger partial charge in [-0.2, -0.15) is 0 Å². The molecule has 0 unspecified atom stereocenters. The van der Waals surface area contributed by atoms with Gasteiger partial charge >= 0.3 is 0 Å². The summed E-state index contributed by atoms with van der Waals surface area (Å²) >= 11 is 5.98. The van der Waals surface area contributed by atoms with E-state index in [0.717, 1.165) is 19.6 Å². The van der Waals surface area contributed by atoms with Crippen molar-refractivity contribution in [2.45, 2.75) is 6.54 Å². The fourth-order valence-corrected chi connectivity index (χ4v) is 3.18. The molecule has 1 saturated heterocycles. The molecule has 0 saturated carbocycles. The molecule has 1 aliphatic heterocycles. The zero-order chi connectivity index (χ0) is 19.2. The summed E-state index contributed by atoms with van der Waals surface area (Å²) in [5.41, 5.74) is 1.14. The minimum absolute atomic E-state index is 0.115. The molecule has 0 aromatic heterocycles. The smallest absolute Gasteiger partial charge is 0.271 e. The van der Waals surface area contributed by atoms with Crippen molar-refractivity contribution in [3.63, 3.8) is 0 Å². The van der Waals surface area contributed by atoms with Crippen LogP contribution in [0.3, 0.4) is 0 Å². The van der Waals surface area contributed by atoms with Crippen molar-refractivity contribution in [3.8, 4) is 5.75 Å². The second-order valence-corrected chi connectivity index (χ2v) is 6.71. The van der Waals surface area contributed by atoms with Crippen LogP contribution in [0, 0.1) is 10.1 Å². The molecule has 0 radical (unpaired) electrons. The largest absolute Gasteiger partial charge is 0.482 e. The van der Waals surface area contributed by atoms with Crippen LogP contribution in [-0.4, -0.2) is 53.4 Å². The minimum atomic E-state index is -0.532. The molecule has 1 amide bonds. The molecule has 142 valence electrons. The Balaban J connectivity index is 1.46. The van der Waals surface area contributed by atoms with E-state index in [9.17, 15) is 14.9 Å². The lowest BCUT2D eigenvalue weighted by Crippen LogP contribution is -2.49. The first kappa shape index (κ1) is 19.1. The number of carbonyl (C=O) groups excluding carboxylic acids is 1. The maximum absolute atomic E-state index is 12.4. The van der Waals surface area contributed by atoms with Crippen LogP contribution in [0.1, 0.15) is 5.56 Å². The Hall–Kier alpha value is -2.64. The van der Waals surface area contributed by atoms with E-state index in [2.05, 4.69) is 17.0 Å². The Bertz CT molecular complexity index is 808. The minimum Gasteiger partial charge on any atom is -0.482 e. The van der Waals surface area contributed by atoms with E-state index in [-0.39, 0.29) is 29.0 Å². The third-order valence-electron chi connectivity index (χ3n) is 4.45. The molecule has 1 aliphatic rings. The van der Waals surface area contributed by atoms with Crippen molar-refractivity contribution in [2.24, 2.45) is 0 Å². The summed E-state index contributed by atoms with van der Waals surface area (Å²) in [6.07, 6.45) is 0. The van der Waals surface area contributed by atoms with E-state index in [0.29, 0.717) is 13.1 Å². The number of piperazine rings is 1. The van der Waals surface area contributed by atoms with Gasteiger partial charge < -0.3 is 9.64 Å². The zero-order valence-electron chi connectivity index (χ0n) is 14.7. The van der Waals surface area contributed by atoms with Crippen LogP contribution < -0.4 is 4.74 Å². The van der Waals surface area contributed by atoms with Gasteiger partial charge in [0.05, 0.1) is 9.95 Å². The zero-order valence-corrected chi connectivity index (χ0v) is 15.5. The van der Waals surface area contributed by atoms with Gasteiger partial charge in [0.2, 0.25) is 0 Å². The van der Waals surface area contributed by atoms with Crippen molar-refractivity contribution in [2.75, 3.05) is 32.8 Å². The topological polar surface area (TPSA) is 75.9 Å². The first-order valence-electron chi connectivity index (χ1n) is 8.64. The monoisotopic (exact) mass is 389 g/mol. The van der Waals surface area contributed by atoms with E-state index in [1.165, 1.54) is 23.8 Å². The quantitative estimate of drug-likeness (QED) is 0.560. The molecule has 0 bridgehead atoms. The molecule has 1 heterocycles. The molecule has 27 heavy (non-hydrogen) atoms. The maximum Gasteiger partial charge on any atom is 0.271 e. The standard InChI is InChI=1S/C19H20ClN3O4/c20-17-12-16(23(25)26)6-7-18(17)27-14-19(24)22-10-8-21(9-11-22)13-15-4-2-1-3-5-15/h1-7,12H,8-11,13-14H2. The van der Waals surface area contributed by atoms with Crippen molar-refractivity contribution in [1.82, 2.24) is 9.80 Å². The fraction of sp³-hybridized carbons (Fsp3) is 0.316. The number of nitrogens with zero attached hydrogens (tertiary/aromatic N) is 3. The van der Waals surface area contributed by atoms with Gasteiger partial charge in [-0.05, 0) is 11.6 Å². The second kappa shape index (κ2) is 8.83. The number of carbonyl (C=O) groups is 1. The maximum atomic E-state index is 12.4. The summed E-state index contributed by atoms with van der Waals surface area (Å²) in [5, 5.41) is 10.8. The lowest BCUT2D eigenvalue weighted by Gasteiger charge is -2.34. The fourth-order valence-electron chi connectivity index (χ4n) is 2.95. The Morgan fingerprint density at radius 1 is 1.11 bits per heavy atom. The van der Waals surface area contributed by atoms with Gasteiger partial charge in [-0.25, -0.2) is 0 Å². The number of nitro benzene ring substituents is 1. The van der Waals surface area contributed by atoms with Gasteiger partial charge in [-0.3, -0.25) is 19.8 Å². The van der Waals surface area contributed by atoms with Crippen LogP contribution in [0.2, 0.25) is 5.02 Å². The summed E-state index contributed by atoms with van der Waals surface area (Å²) in [5.74, 6) is 0.141. The molecule has 2 aromatic rings. The van der Waals surface area contributed by atoms with Gasteiger partial charge in [-0.15, -0.1) is 0 Å². The SMILES string of the molecule is O=C(COc1ccc([N+](=O)[O-])cc1Cl)N1CCN(Cc2ccccc2)CC1. The summed E-state index contributed by atoms with van der Waals surface area (Å²) in [7, 11) is 0. The second-order valence-electron chi connectivity index (χ2n) is 6.30.